The minimum absolute atomic E-state index is 0.00849. The zero-order valence-electron chi connectivity index (χ0n) is 45.3. The number of hydrogen-bond acceptors (Lipinski definition) is 14. The first-order valence-corrected chi connectivity index (χ1v) is 30.0. The van der Waals surface area contributed by atoms with Gasteiger partial charge in [-0.1, -0.05) is 67.0 Å². The molecule has 0 spiro atoms. The highest BCUT2D eigenvalue weighted by atomic mass is 35.7. The van der Waals surface area contributed by atoms with Crippen molar-refractivity contribution in [3.8, 4) is 40.9 Å². The number of likely N-dealkylation sites (N-methyl/N-ethyl adjacent to an activating group) is 1. The van der Waals surface area contributed by atoms with E-state index in [1.165, 1.54) is 87.4 Å². The normalized spacial score (nSPS) is 13.4. The van der Waals surface area contributed by atoms with E-state index in [-0.39, 0.29) is 52.1 Å². The number of nitrogen functional groups attached to an aromatic ring is 1. The summed E-state index contributed by atoms with van der Waals surface area (Å²) in [6.45, 7) is -4.13. The standard InChI is InChI=1S/C19H20F2N4O4S.C17H15F2NO3S.C15H11F2NO.C2H5ClO2S.C2H7N3/c1-3-30(27,28)24-14-6-4-5-13(11-14)19(16(26)25(2)18(22)23-19)12-7-9-15(10-8-12)29-17(20)21;1-2-24(21,22)20-15-5-3-4-14(12-15)7-6-13-8-10-16(11-9-13)23-17(18)19;16-15(17)19-14-8-6-11(7-9-14)4-5-12-2-1-3-13(18)10-12;1-2-6(3,4)5;1-5-2(3)4/h4-11,17,24H,3H2,1-2H3,(H2,22,23);3-5,8-12,17,20H,2H2,1H3;1-3,6-10,15H,18H2;2H2,1H3;1H3,(H4,3,4,5). The number of nitrogens with zero attached hydrogens (tertiary/aromatic N) is 3. The van der Waals surface area contributed by atoms with Gasteiger partial charge >= 0.3 is 19.8 Å². The molecule has 0 saturated carbocycles. The van der Waals surface area contributed by atoms with Crippen LogP contribution in [0.2, 0.25) is 0 Å². The lowest BCUT2D eigenvalue weighted by molar-refractivity contribution is -0.129. The van der Waals surface area contributed by atoms with Crippen LogP contribution in [-0.2, 0) is 39.4 Å². The molecule has 0 radical (unpaired) electrons. The third-order valence-corrected chi connectivity index (χ3v) is 14.5. The van der Waals surface area contributed by atoms with Gasteiger partial charge < -0.3 is 37.1 Å². The fourth-order valence-corrected chi connectivity index (χ4v) is 7.64. The van der Waals surface area contributed by atoms with Crippen LogP contribution in [0.1, 0.15) is 54.2 Å². The highest BCUT2D eigenvalue weighted by Crippen LogP contribution is 2.41. The number of hydrogen-bond donors (Lipinski definition) is 6. The van der Waals surface area contributed by atoms with Crippen molar-refractivity contribution in [1.82, 2.24) is 4.90 Å². The van der Waals surface area contributed by atoms with Crippen molar-refractivity contribution in [1.29, 1.82) is 0 Å². The lowest BCUT2D eigenvalue weighted by atomic mass is 9.82. The molecule has 7 rings (SSSR count). The number of nitrogens with one attached hydrogen (secondary N) is 2. The zero-order chi connectivity index (χ0) is 62.8. The molecule has 6 aromatic carbocycles. The second-order valence-corrected chi connectivity index (χ2v) is 23.6. The van der Waals surface area contributed by atoms with Crippen molar-refractivity contribution in [2.75, 3.05) is 46.5 Å². The number of nitrogens with two attached hydrogens (primary N) is 4. The Morgan fingerprint density at radius 2 is 0.952 bits per heavy atom. The largest absolute Gasteiger partial charge is 0.435 e. The molecule has 1 aliphatic rings. The quantitative estimate of drug-likeness (QED) is 0.0141. The van der Waals surface area contributed by atoms with Gasteiger partial charge in [0.25, 0.3) is 5.91 Å². The van der Waals surface area contributed by atoms with E-state index >= 15 is 0 Å². The second kappa shape index (κ2) is 32.7. The lowest BCUT2D eigenvalue weighted by Crippen LogP contribution is -2.41. The molecular weight excluding hydrogens is 1190 g/mol. The third-order valence-electron chi connectivity index (χ3n) is 10.5. The number of sulfonamides is 2. The van der Waals surface area contributed by atoms with Crippen molar-refractivity contribution in [2.45, 2.75) is 46.1 Å². The van der Waals surface area contributed by atoms with Gasteiger partial charge in [-0.2, -0.15) is 26.3 Å². The number of amides is 1. The lowest BCUT2D eigenvalue weighted by Gasteiger charge is -2.26. The fourth-order valence-electron chi connectivity index (χ4n) is 6.38. The molecule has 29 heteroatoms. The van der Waals surface area contributed by atoms with E-state index in [2.05, 4.69) is 68.0 Å². The SMILES string of the molecule is CCS(=O)(=O)Cl.CCS(=O)(=O)Nc1cccc(C#Cc2ccc(OC(F)F)cc2)c1.CCS(=O)(=O)Nc1cccc(C2(c3ccc(OC(F)F)cc3)N=C(N)N(C)C2=O)c1.CN=C(N)N.Nc1cccc(C#Cc2ccc(OC(F)F)cc2)c1. The number of ether oxygens (including phenoxy) is 3. The van der Waals surface area contributed by atoms with Gasteiger partial charge in [0.05, 0.1) is 17.3 Å². The molecule has 1 unspecified atom stereocenters. The highest BCUT2D eigenvalue weighted by molar-refractivity contribution is 8.13. The van der Waals surface area contributed by atoms with Crippen LogP contribution in [-0.4, -0.2) is 99.2 Å². The number of anilines is 3. The molecule has 0 fully saturated rings. The Balaban J connectivity index is 0.000000308. The van der Waals surface area contributed by atoms with Gasteiger partial charge in [0.2, 0.25) is 29.1 Å². The Labute approximate surface area is 487 Å². The van der Waals surface area contributed by atoms with Crippen LogP contribution in [0.25, 0.3) is 0 Å². The minimum atomic E-state index is -3.54. The highest BCUT2D eigenvalue weighted by Gasteiger charge is 2.49. The Bertz CT molecular complexity index is 3680. The minimum Gasteiger partial charge on any atom is -0.435 e. The van der Waals surface area contributed by atoms with Crippen molar-refractivity contribution >= 4 is 74.7 Å². The molecule has 0 aromatic heterocycles. The van der Waals surface area contributed by atoms with Crippen LogP contribution in [0.4, 0.5) is 43.4 Å². The number of alkyl halides is 6. The number of halogens is 7. The van der Waals surface area contributed by atoms with Gasteiger partial charge in [-0.25, -0.2) is 30.2 Å². The van der Waals surface area contributed by atoms with E-state index < -0.39 is 60.4 Å². The molecule has 84 heavy (non-hydrogen) atoms. The summed E-state index contributed by atoms with van der Waals surface area (Å²) >= 11 is 0. The molecule has 1 aliphatic heterocycles. The van der Waals surface area contributed by atoms with Gasteiger partial charge in [-0.15, -0.1) is 0 Å². The Morgan fingerprint density at radius 1 is 0.583 bits per heavy atom. The summed E-state index contributed by atoms with van der Waals surface area (Å²) in [5, 5.41) is 0. The molecule has 0 saturated heterocycles. The molecule has 1 heterocycles. The first-order chi connectivity index (χ1) is 39.4. The Morgan fingerprint density at radius 3 is 1.31 bits per heavy atom. The van der Waals surface area contributed by atoms with Crippen LogP contribution in [0.5, 0.6) is 17.2 Å². The maximum Gasteiger partial charge on any atom is 0.387 e. The third kappa shape index (κ3) is 24.3. The topological polar surface area (TPSA) is 303 Å². The monoisotopic (exact) mass is 1250 g/mol. The number of rotatable bonds is 15. The van der Waals surface area contributed by atoms with E-state index in [0.717, 1.165) is 5.56 Å². The predicted molar refractivity (Wildman–Crippen MR) is 313 cm³/mol. The number of benzene rings is 6. The van der Waals surface area contributed by atoms with Crippen LogP contribution in [0.3, 0.4) is 0 Å². The van der Waals surface area contributed by atoms with Crippen LogP contribution < -0.4 is 46.6 Å². The average Bonchev–Trinajstić information content (AvgIpc) is 1.89. The summed E-state index contributed by atoms with van der Waals surface area (Å²) in [4.78, 5) is 22.1. The van der Waals surface area contributed by atoms with Gasteiger partial charge in [0.15, 0.2) is 17.5 Å². The van der Waals surface area contributed by atoms with Gasteiger partial charge in [-0.3, -0.25) is 24.1 Å². The molecule has 450 valence electrons. The van der Waals surface area contributed by atoms with Crippen LogP contribution in [0.15, 0.2) is 156 Å². The molecule has 1 amide bonds. The van der Waals surface area contributed by atoms with Gasteiger partial charge in [0, 0.05) is 64.1 Å². The summed E-state index contributed by atoms with van der Waals surface area (Å²) in [6.07, 6.45) is 0. The molecule has 10 N–H and O–H groups in total. The molecule has 0 bridgehead atoms. The summed E-state index contributed by atoms with van der Waals surface area (Å²) in [5.74, 6) is 11.2. The summed E-state index contributed by atoms with van der Waals surface area (Å²) in [6, 6.07) is 37.7. The molecule has 0 aliphatic carbocycles. The van der Waals surface area contributed by atoms with E-state index in [0.29, 0.717) is 39.2 Å². The van der Waals surface area contributed by atoms with E-state index in [4.69, 9.17) is 22.9 Å². The van der Waals surface area contributed by atoms with E-state index in [9.17, 15) is 56.4 Å². The zero-order valence-corrected chi connectivity index (χ0v) is 48.5. The molecular formula is C55H58ClF6N9O10S3. The summed E-state index contributed by atoms with van der Waals surface area (Å²) in [5.41, 5.74) is 24.4. The number of guanidine groups is 2. The second-order valence-electron chi connectivity index (χ2n) is 16.5. The number of carbonyl (C=O) groups is 1. The maximum absolute atomic E-state index is 13.2. The smallest absolute Gasteiger partial charge is 0.387 e. The van der Waals surface area contributed by atoms with Gasteiger partial charge in [-0.05, 0) is 134 Å². The first-order valence-electron chi connectivity index (χ1n) is 24.2. The fraction of sp³-hybridized carbons (Fsp3) is 0.218. The van der Waals surface area contributed by atoms with Crippen molar-refractivity contribution in [3.63, 3.8) is 0 Å². The predicted octanol–water partition coefficient (Wildman–Crippen LogP) is 8.26. The van der Waals surface area contributed by atoms with Crippen LogP contribution >= 0.6 is 10.7 Å². The number of carbonyl (C=O) groups excluding carboxylic acids is 1. The summed E-state index contributed by atoms with van der Waals surface area (Å²) in [7, 11) is -2.39. The van der Waals surface area contributed by atoms with Crippen molar-refractivity contribution in [3.05, 3.63) is 179 Å². The Hall–Kier alpha value is -8.83. The van der Waals surface area contributed by atoms with Gasteiger partial charge in [0.1, 0.15) is 17.2 Å². The van der Waals surface area contributed by atoms with Crippen molar-refractivity contribution in [2.24, 2.45) is 27.2 Å². The first kappa shape index (κ1) is 69.4. The Kier molecular flexibility index (Phi) is 27.0. The van der Waals surface area contributed by atoms with E-state index in [1.807, 2.05) is 12.1 Å². The maximum atomic E-state index is 13.2. The van der Waals surface area contributed by atoms with E-state index in [1.54, 1.807) is 85.8 Å². The molecule has 19 nitrogen and oxygen atoms in total. The summed E-state index contributed by atoms with van der Waals surface area (Å²) < 4.78 is 157. The van der Waals surface area contributed by atoms with Crippen LogP contribution in [0, 0.1) is 23.7 Å². The average molecular weight is 1250 g/mol. The number of aliphatic imine (C=N–C) groups is 2. The molecule has 6 aromatic rings. The van der Waals surface area contributed by atoms with Crippen molar-refractivity contribution < 1.29 is 70.6 Å². The molecule has 1 atom stereocenters.